The summed E-state index contributed by atoms with van der Waals surface area (Å²) < 4.78 is 19.5. The minimum atomic E-state index is -0.320. The van der Waals surface area contributed by atoms with E-state index in [9.17, 15) is 4.39 Å². The number of benzene rings is 1. The molecule has 0 saturated heterocycles. The van der Waals surface area contributed by atoms with Gasteiger partial charge in [-0.15, -0.1) is 0 Å². The minimum absolute atomic E-state index is 0.320. The van der Waals surface area contributed by atoms with Crippen LogP contribution >= 0.6 is 23.8 Å². The van der Waals surface area contributed by atoms with Crippen molar-refractivity contribution in [2.45, 2.75) is 6.92 Å². The first kappa shape index (κ1) is 18.3. The smallest absolute Gasteiger partial charge is 0.187 e. The van der Waals surface area contributed by atoms with Crippen LogP contribution in [0.3, 0.4) is 0 Å². The van der Waals surface area contributed by atoms with Gasteiger partial charge in [0, 0.05) is 13.7 Å². The molecule has 0 spiro atoms. The molecule has 0 amide bonds. The SMILES string of the molecule is COCCNC(=S)N/N=C/c1c(C)nn(-c2ccc(F)cc2)c1Cl. The number of hydrogen-bond donors (Lipinski definition) is 2. The van der Waals surface area contributed by atoms with Crippen molar-refractivity contribution in [1.82, 2.24) is 20.5 Å². The molecule has 0 saturated carbocycles. The van der Waals surface area contributed by atoms with E-state index in [0.29, 0.717) is 40.4 Å². The normalized spacial score (nSPS) is 11.0. The second kappa shape index (κ2) is 8.72. The van der Waals surface area contributed by atoms with Gasteiger partial charge >= 0.3 is 0 Å². The van der Waals surface area contributed by atoms with Crippen LogP contribution in [-0.2, 0) is 4.74 Å². The molecule has 0 aliphatic rings. The monoisotopic (exact) mass is 369 g/mol. The lowest BCUT2D eigenvalue weighted by atomic mass is 10.3. The van der Waals surface area contributed by atoms with Gasteiger partial charge < -0.3 is 10.1 Å². The van der Waals surface area contributed by atoms with Crippen molar-refractivity contribution in [3.8, 4) is 5.69 Å². The third kappa shape index (κ3) is 4.73. The van der Waals surface area contributed by atoms with Gasteiger partial charge in [0.15, 0.2) is 5.11 Å². The molecule has 0 unspecified atom stereocenters. The lowest BCUT2D eigenvalue weighted by Gasteiger charge is -2.05. The number of methoxy groups -OCH3 is 1. The highest BCUT2D eigenvalue weighted by Gasteiger charge is 2.13. The van der Waals surface area contributed by atoms with Gasteiger partial charge in [-0.3, -0.25) is 5.43 Å². The van der Waals surface area contributed by atoms with Crippen LogP contribution in [0.4, 0.5) is 4.39 Å². The maximum atomic E-state index is 13.0. The summed E-state index contributed by atoms with van der Waals surface area (Å²) >= 11 is 11.4. The molecule has 2 rings (SSSR count). The number of nitrogens with one attached hydrogen (secondary N) is 2. The van der Waals surface area contributed by atoms with Gasteiger partial charge in [0.1, 0.15) is 11.0 Å². The molecular weight excluding hydrogens is 353 g/mol. The largest absolute Gasteiger partial charge is 0.383 e. The van der Waals surface area contributed by atoms with E-state index in [1.165, 1.54) is 23.0 Å². The zero-order valence-electron chi connectivity index (χ0n) is 13.2. The summed E-state index contributed by atoms with van der Waals surface area (Å²) in [5.41, 5.74) is 4.69. The quantitative estimate of drug-likeness (QED) is 0.354. The summed E-state index contributed by atoms with van der Waals surface area (Å²) in [6.07, 6.45) is 1.54. The van der Waals surface area contributed by atoms with E-state index in [2.05, 4.69) is 20.9 Å². The molecule has 0 radical (unpaired) electrons. The fourth-order valence-corrected chi connectivity index (χ4v) is 2.35. The van der Waals surface area contributed by atoms with Gasteiger partial charge in [-0.1, -0.05) is 11.6 Å². The predicted molar refractivity (Wildman–Crippen MR) is 96.5 cm³/mol. The highest BCUT2D eigenvalue weighted by atomic mass is 35.5. The van der Waals surface area contributed by atoms with Crippen LogP contribution < -0.4 is 10.7 Å². The molecule has 1 heterocycles. The van der Waals surface area contributed by atoms with Crippen LogP contribution in [0.25, 0.3) is 5.69 Å². The molecule has 0 aliphatic heterocycles. The molecule has 9 heteroatoms. The first-order valence-corrected chi connectivity index (χ1v) is 7.88. The Morgan fingerprint density at radius 3 is 2.83 bits per heavy atom. The van der Waals surface area contributed by atoms with Crippen LogP contribution in [0.2, 0.25) is 5.15 Å². The Labute approximate surface area is 149 Å². The van der Waals surface area contributed by atoms with Crippen molar-refractivity contribution >= 4 is 35.1 Å². The zero-order chi connectivity index (χ0) is 17.5. The number of halogens is 2. The Morgan fingerprint density at radius 2 is 2.17 bits per heavy atom. The van der Waals surface area contributed by atoms with Gasteiger partial charge in [0.05, 0.1) is 29.8 Å². The standard InChI is InChI=1S/C15H17ClFN5OS/c1-10-13(9-19-20-15(24)18-7-8-23-2)14(16)22(21-10)12-5-3-11(17)4-6-12/h3-6,9H,7-8H2,1-2H3,(H2,18,20,24)/b19-9+. The van der Waals surface area contributed by atoms with Gasteiger partial charge in [-0.05, 0) is 43.4 Å². The molecule has 2 aromatic rings. The zero-order valence-corrected chi connectivity index (χ0v) is 14.8. The van der Waals surface area contributed by atoms with Gasteiger partial charge in [0.25, 0.3) is 0 Å². The summed E-state index contributed by atoms with van der Waals surface area (Å²) in [4.78, 5) is 0. The number of aryl methyl sites for hydroxylation is 1. The van der Waals surface area contributed by atoms with Gasteiger partial charge in [-0.2, -0.15) is 10.2 Å². The summed E-state index contributed by atoms with van der Waals surface area (Å²) in [7, 11) is 1.61. The Kier molecular flexibility index (Phi) is 6.65. The van der Waals surface area contributed by atoms with E-state index in [0.717, 1.165) is 0 Å². The number of aromatic nitrogens is 2. The molecule has 6 nitrogen and oxygen atoms in total. The molecule has 1 aromatic heterocycles. The number of rotatable bonds is 6. The number of nitrogens with zero attached hydrogens (tertiary/aromatic N) is 3. The third-order valence-corrected chi connectivity index (χ3v) is 3.67. The van der Waals surface area contributed by atoms with Gasteiger partial charge in [-0.25, -0.2) is 9.07 Å². The molecule has 2 N–H and O–H groups in total. The lowest BCUT2D eigenvalue weighted by Crippen LogP contribution is -2.34. The van der Waals surface area contributed by atoms with Crippen LogP contribution in [0, 0.1) is 12.7 Å². The van der Waals surface area contributed by atoms with Crippen LogP contribution in [0.1, 0.15) is 11.3 Å². The number of hydrazone groups is 1. The number of thiocarbonyl (C=S) groups is 1. The highest BCUT2D eigenvalue weighted by molar-refractivity contribution is 7.80. The van der Waals surface area contributed by atoms with Crippen molar-refractivity contribution in [3.63, 3.8) is 0 Å². The lowest BCUT2D eigenvalue weighted by molar-refractivity contribution is 0.204. The summed E-state index contributed by atoms with van der Waals surface area (Å²) in [5, 5.41) is 12.1. The fourth-order valence-electron chi connectivity index (χ4n) is 1.87. The molecule has 0 aliphatic carbocycles. The molecule has 0 atom stereocenters. The van der Waals surface area contributed by atoms with E-state index in [4.69, 9.17) is 28.6 Å². The van der Waals surface area contributed by atoms with Crippen molar-refractivity contribution in [3.05, 3.63) is 46.5 Å². The van der Waals surface area contributed by atoms with Crippen molar-refractivity contribution in [2.75, 3.05) is 20.3 Å². The molecular formula is C15H17ClFN5OS. The third-order valence-electron chi connectivity index (χ3n) is 3.07. The Bertz CT molecular complexity index is 732. The number of ether oxygens (including phenoxy) is 1. The fraction of sp³-hybridized carbons (Fsp3) is 0.267. The average Bonchev–Trinajstić information content (AvgIpc) is 2.84. The average molecular weight is 370 g/mol. The minimum Gasteiger partial charge on any atom is -0.383 e. The Morgan fingerprint density at radius 1 is 1.46 bits per heavy atom. The predicted octanol–water partition coefficient (Wildman–Crippen LogP) is 2.42. The van der Waals surface area contributed by atoms with E-state index in [-0.39, 0.29) is 5.82 Å². The maximum Gasteiger partial charge on any atom is 0.187 e. The van der Waals surface area contributed by atoms with Crippen LogP contribution in [-0.4, -0.2) is 41.4 Å². The van der Waals surface area contributed by atoms with Gasteiger partial charge in [0.2, 0.25) is 0 Å². The Hall–Kier alpha value is -2.03. The van der Waals surface area contributed by atoms with Crippen LogP contribution in [0.15, 0.2) is 29.4 Å². The van der Waals surface area contributed by atoms with Crippen molar-refractivity contribution in [2.24, 2.45) is 5.10 Å². The summed E-state index contributed by atoms with van der Waals surface area (Å²) in [6.45, 7) is 2.93. The van der Waals surface area contributed by atoms with Crippen LogP contribution in [0.5, 0.6) is 0 Å². The van der Waals surface area contributed by atoms with E-state index >= 15 is 0 Å². The van der Waals surface area contributed by atoms with E-state index in [1.807, 2.05) is 6.92 Å². The first-order valence-electron chi connectivity index (χ1n) is 7.10. The topological polar surface area (TPSA) is 63.5 Å². The second-order valence-electron chi connectivity index (χ2n) is 4.80. The summed E-state index contributed by atoms with van der Waals surface area (Å²) in [5.74, 6) is -0.320. The molecule has 24 heavy (non-hydrogen) atoms. The number of hydrogen-bond acceptors (Lipinski definition) is 4. The Balaban J connectivity index is 2.07. The van der Waals surface area contributed by atoms with E-state index in [1.54, 1.807) is 19.2 Å². The highest BCUT2D eigenvalue weighted by Crippen LogP contribution is 2.22. The van der Waals surface area contributed by atoms with E-state index < -0.39 is 0 Å². The summed E-state index contributed by atoms with van der Waals surface area (Å²) in [6, 6.07) is 5.90. The first-order chi connectivity index (χ1) is 11.5. The molecule has 1 aromatic carbocycles. The second-order valence-corrected chi connectivity index (χ2v) is 5.56. The van der Waals surface area contributed by atoms with Crippen molar-refractivity contribution in [1.29, 1.82) is 0 Å². The molecule has 128 valence electrons. The molecule has 0 bridgehead atoms. The van der Waals surface area contributed by atoms with Crippen molar-refractivity contribution < 1.29 is 9.13 Å². The molecule has 0 fully saturated rings. The maximum absolute atomic E-state index is 13.0.